The van der Waals surface area contributed by atoms with Gasteiger partial charge >= 0.3 is 0 Å². The molecule has 0 aliphatic heterocycles. The molecule has 1 aromatic rings. The SMILES string of the molecule is CCCC(C)NSCCCCCCN=C(NC#N)Nc1ccncc1. The van der Waals surface area contributed by atoms with Gasteiger partial charge in [0.05, 0.1) is 0 Å². The molecule has 0 spiro atoms. The molecule has 1 atom stereocenters. The molecule has 0 saturated carbocycles. The van der Waals surface area contributed by atoms with Crippen molar-refractivity contribution in [3.8, 4) is 6.19 Å². The fourth-order valence-corrected chi connectivity index (χ4v) is 3.13. The lowest BCUT2D eigenvalue weighted by Crippen LogP contribution is -2.27. The molecule has 0 bridgehead atoms. The molecule has 3 N–H and O–H groups in total. The lowest BCUT2D eigenvalue weighted by Gasteiger charge is -2.11. The third-order valence-corrected chi connectivity index (χ3v) is 4.61. The molecule has 0 aliphatic carbocycles. The monoisotopic (exact) mass is 362 g/mol. The maximum atomic E-state index is 8.81. The summed E-state index contributed by atoms with van der Waals surface area (Å²) < 4.78 is 3.48. The highest BCUT2D eigenvalue weighted by atomic mass is 32.2. The van der Waals surface area contributed by atoms with Crippen molar-refractivity contribution in [3.63, 3.8) is 0 Å². The topological polar surface area (TPSA) is 85.1 Å². The maximum absolute atomic E-state index is 8.81. The number of aromatic nitrogens is 1. The zero-order valence-electron chi connectivity index (χ0n) is 15.3. The highest BCUT2D eigenvalue weighted by molar-refractivity contribution is 7.97. The number of hydrogen-bond acceptors (Lipinski definition) is 5. The second-order valence-electron chi connectivity index (χ2n) is 5.90. The van der Waals surface area contributed by atoms with Crippen LogP contribution in [0.25, 0.3) is 0 Å². The Balaban J connectivity index is 2.11. The molecule has 138 valence electrons. The van der Waals surface area contributed by atoms with E-state index in [0.717, 1.165) is 24.3 Å². The number of nitrogens with zero attached hydrogens (tertiary/aromatic N) is 3. The second-order valence-corrected chi connectivity index (χ2v) is 6.83. The first-order chi connectivity index (χ1) is 12.3. The zero-order valence-corrected chi connectivity index (χ0v) is 16.1. The summed E-state index contributed by atoms with van der Waals surface area (Å²) >= 11 is 1.84. The lowest BCUT2D eigenvalue weighted by atomic mass is 10.2. The summed E-state index contributed by atoms with van der Waals surface area (Å²) in [5, 5.41) is 14.5. The van der Waals surface area contributed by atoms with Gasteiger partial charge in [0.2, 0.25) is 5.96 Å². The van der Waals surface area contributed by atoms with E-state index in [2.05, 4.69) is 39.2 Å². The van der Waals surface area contributed by atoms with Gasteiger partial charge in [-0.25, -0.2) is 0 Å². The maximum Gasteiger partial charge on any atom is 0.209 e. The molecule has 6 nitrogen and oxygen atoms in total. The Labute approximate surface area is 156 Å². The Morgan fingerprint density at radius 1 is 1.28 bits per heavy atom. The minimum atomic E-state index is 0.485. The number of nitriles is 1. The quantitative estimate of drug-likeness (QED) is 0.131. The van der Waals surface area contributed by atoms with Crippen LogP contribution in [-0.4, -0.2) is 29.3 Å². The Hall–Kier alpha value is -1.78. The first-order valence-corrected chi connectivity index (χ1v) is 9.98. The molecule has 1 aromatic heterocycles. The van der Waals surface area contributed by atoms with Crippen LogP contribution in [0.3, 0.4) is 0 Å². The van der Waals surface area contributed by atoms with Crippen molar-refractivity contribution in [3.05, 3.63) is 24.5 Å². The van der Waals surface area contributed by atoms with E-state index in [1.165, 1.54) is 25.7 Å². The van der Waals surface area contributed by atoms with Crippen molar-refractivity contribution < 1.29 is 0 Å². The molecule has 1 unspecified atom stereocenters. The van der Waals surface area contributed by atoms with E-state index in [1.54, 1.807) is 12.4 Å². The van der Waals surface area contributed by atoms with Gasteiger partial charge in [-0.15, -0.1) is 0 Å². The van der Waals surface area contributed by atoms with Crippen LogP contribution in [0, 0.1) is 11.5 Å². The van der Waals surface area contributed by atoms with Crippen LogP contribution in [-0.2, 0) is 0 Å². The highest BCUT2D eigenvalue weighted by Crippen LogP contribution is 2.08. The predicted octanol–water partition coefficient (Wildman–Crippen LogP) is 3.91. The fraction of sp³-hybridized carbons (Fsp3) is 0.611. The fourth-order valence-electron chi connectivity index (χ4n) is 2.26. The molecule has 0 amide bonds. The zero-order chi connectivity index (χ0) is 18.2. The highest BCUT2D eigenvalue weighted by Gasteiger charge is 2.00. The van der Waals surface area contributed by atoms with E-state index in [1.807, 2.05) is 30.3 Å². The summed E-state index contributed by atoms with van der Waals surface area (Å²) in [7, 11) is 0. The summed E-state index contributed by atoms with van der Waals surface area (Å²) in [6.45, 7) is 5.16. The van der Waals surface area contributed by atoms with Gasteiger partial charge in [-0.3, -0.25) is 20.0 Å². The van der Waals surface area contributed by atoms with Crippen LogP contribution in [0.1, 0.15) is 52.4 Å². The third-order valence-electron chi connectivity index (χ3n) is 3.55. The number of rotatable bonds is 12. The number of anilines is 1. The molecule has 0 radical (unpaired) electrons. The smallest absolute Gasteiger partial charge is 0.209 e. The van der Waals surface area contributed by atoms with Crippen molar-refractivity contribution in [1.82, 2.24) is 15.0 Å². The van der Waals surface area contributed by atoms with Crippen LogP contribution in [0.15, 0.2) is 29.5 Å². The van der Waals surface area contributed by atoms with Crippen LogP contribution in [0.2, 0.25) is 0 Å². The first-order valence-electron chi connectivity index (χ1n) is 9.00. The number of aliphatic imine (C=N–C) groups is 1. The van der Waals surface area contributed by atoms with Crippen LogP contribution in [0.5, 0.6) is 0 Å². The van der Waals surface area contributed by atoms with Gasteiger partial charge in [0, 0.05) is 36.4 Å². The van der Waals surface area contributed by atoms with Crippen LogP contribution in [0.4, 0.5) is 5.69 Å². The summed E-state index contributed by atoms with van der Waals surface area (Å²) in [4.78, 5) is 8.38. The normalized spacial score (nSPS) is 12.4. The minimum Gasteiger partial charge on any atom is -0.325 e. The molecule has 0 fully saturated rings. The van der Waals surface area contributed by atoms with Crippen molar-refractivity contribution >= 4 is 23.6 Å². The lowest BCUT2D eigenvalue weighted by molar-refractivity contribution is 0.616. The summed E-state index contributed by atoms with van der Waals surface area (Å²) in [6, 6.07) is 4.27. The van der Waals surface area contributed by atoms with E-state index < -0.39 is 0 Å². The van der Waals surface area contributed by atoms with Gasteiger partial charge in [-0.2, -0.15) is 5.26 Å². The number of nitrogens with one attached hydrogen (secondary N) is 3. The van der Waals surface area contributed by atoms with E-state index in [9.17, 15) is 0 Å². The van der Waals surface area contributed by atoms with Crippen molar-refractivity contribution in [2.75, 3.05) is 17.6 Å². The number of guanidine groups is 1. The molecule has 25 heavy (non-hydrogen) atoms. The Morgan fingerprint density at radius 3 is 2.76 bits per heavy atom. The summed E-state index contributed by atoms with van der Waals surface area (Å²) in [5.41, 5.74) is 0.860. The average Bonchev–Trinajstić information content (AvgIpc) is 2.61. The Kier molecular flexibility index (Phi) is 12.4. The molecule has 7 heteroatoms. The van der Waals surface area contributed by atoms with E-state index in [4.69, 9.17) is 5.26 Å². The minimum absolute atomic E-state index is 0.485. The van der Waals surface area contributed by atoms with E-state index in [-0.39, 0.29) is 0 Å². The molecule has 1 heterocycles. The van der Waals surface area contributed by atoms with Crippen LogP contribution >= 0.6 is 11.9 Å². The second kappa shape index (κ2) is 14.6. The van der Waals surface area contributed by atoms with Crippen molar-refractivity contribution in [2.45, 2.75) is 58.4 Å². The standard InChI is InChI=1S/C18H30N6S/c1-3-8-16(2)24-25-14-7-5-4-6-11-21-18(22-15-19)23-17-9-12-20-13-10-17/h9-10,12-13,16,24H,3-8,11,14H2,1-2H3,(H2,20,21,22,23). The van der Waals surface area contributed by atoms with Gasteiger partial charge < -0.3 is 5.32 Å². The third kappa shape index (κ3) is 11.4. The number of pyridine rings is 1. The van der Waals surface area contributed by atoms with Gasteiger partial charge in [-0.05, 0) is 38.3 Å². The number of hydrogen-bond donors (Lipinski definition) is 3. The molecule has 0 aromatic carbocycles. The van der Waals surface area contributed by atoms with Gasteiger partial charge in [0.1, 0.15) is 0 Å². The Bertz CT molecular complexity index is 514. The predicted molar refractivity (Wildman–Crippen MR) is 107 cm³/mol. The van der Waals surface area contributed by atoms with Crippen molar-refractivity contribution in [2.24, 2.45) is 4.99 Å². The molecule has 0 aliphatic rings. The van der Waals surface area contributed by atoms with E-state index >= 15 is 0 Å². The van der Waals surface area contributed by atoms with Crippen molar-refractivity contribution in [1.29, 1.82) is 5.26 Å². The molecule has 1 rings (SSSR count). The average molecular weight is 363 g/mol. The summed E-state index contributed by atoms with van der Waals surface area (Å²) in [5.74, 6) is 1.64. The number of unbranched alkanes of at least 4 members (excludes halogenated alkanes) is 3. The molecule has 0 saturated heterocycles. The first kappa shape index (κ1) is 21.3. The molecular weight excluding hydrogens is 332 g/mol. The van der Waals surface area contributed by atoms with E-state index in [0.29, 0.717) is 18.5 Å². The van der Waals surface area contributed by atoms with Crippen LogP contribution < -0.4 is 15.4 Å². The Morgan fingerprint density at radius 2 is 2.04 bits per heavy atom. The molecular formula is C18H30N6S. The van der Waals surface area contributed by atoms with Gasteiger partial charge in [0.25, 0.3) is 0 Å². The van der Waals surface area contributed by atoms with Gasteiger partial charge in [0.15, 0.2) is 6.19 Å². The summed E-state index contributed by atoms with van der Waals surface area (Å²) in [6.07, 6.45) is 12.4. The van der Waals surface area contributed by atoms with Gasteiger partial charge in [-0.1, -0.05) is 38.1 Å². The largest absolute Gasteiger partial charge is 0.325 e.